The van der Waals surface area contributed by atoms with Gasteiger partial charge in [0.25, 0.3) is 5.91 Å². The van der Waals surface area contributed by atoms with Gasteiger partial charge in [0.05, 0.1) is 17.7 Å². The van der Waals surface area contributed by atoms with E-state index >= 15 is 0 Å². The number of hydrogen-bond donors (Lipinski definition) is 1. The molecule has 0 aromatic carbocycles. The van der Waals surface area contributed by atoms with Gasteiger partial charge in [-0.25, -0.2) is 12.7 Å². The van der Waals surface area contributed by atoms with Gasteiger partial charge in [0.2, 0.25) is 15.9 Å². The van der Waals surface area contributed by atoms with E-state index in [9.17, 15) is 18.0 Å². The summed E-state index contributed by atoms with van der Waals surface area (Å²) < 4.78 is 30.6. The minimum Gasteiger partial charge on any atom is -0.450 e. The second-order valence-electron chi connectivity index (χ2n) is 6.78. The van der Waals surface area contributed by atoms with Gasteiger partial charge >= 0.3 is 0 Å². The van der Waals surface area contributed by atoms with Crippen LogP contribution in [0.25, 0.3) is 10.6 Å². The van der Waals surface area contributed by atoms with Crippen LogP contribution in [0.5, 0.6) is 0 Å². The Hall–Kier alpha value is -2.17. The summed E-state index contributed by atoms with van der Waals surface area (Å²) >= 11 is 1.51. The maximum Gasteiger partial charge on any atom is 0.290 e. The number of rotatable bonds is 7. The maximum absolute atomic E-state index is 13.0. The lowest BCUT2D eigenvalue weighted by molar-refractivity contribution is -0.121. The molecule has 3 rings (SSSR count). The number of furan rings is 1. The Bertz CT molecular complexity index is 936. The third-order valence-corrected chi connectivity index (χ3v) is 6.83. The summed E-state index contributed by atoms with van der Waals surface area (Å²) in [6, 6.07) is 7.14. The number of hydrogen-bond acceptors (Lipinski definition) is 6. The quantitative estimate of drug-likeness (QED) is 0.724. The van der Waals surface area contributed by atoms with Crippen molar-refractivity contribution in [2.45, 2.75) is 6.42 Å². The van der Waals surface area contributed by atoms with E-state index in [-0.39, 0.29) is 36.6 Å². The number of carbonyl (C=O) groups is 2. The molecule has 3 heterocycles. The van der Waals surface area contributed by atoms with Crippen LogP contribution in [0.3, 0.4) is 0 Å². The molecule has 2 aromatic rings. The molecule has 1 atom stereocenters. The van der Waals surface area contributed by atoms with E-state index in [1.54, 1.807) is 12.1 Å². The lowest BCUT2D eigenvalue weighted by atomic mass is 10.1. The van der Waals surface area contributed by atoms with E-state index in [1.165, 1.54) is 33.8 Å². The van der Waals surface area contributed by atoms with E-state index in [0.29, 0.717) is 25.3 Å². The first-order valence-electron chi connectivity index (χ1n) is 8.86. The monoisotopic (exact) mass is 425 g/mol. The minimum absolute atomic E-state index is 0.0324. The van der Waals surface area contributed by atoms with Gasteiger partial charge in [-0.15, -0.1) is 11.3 Å². The molecule has 1 aliphatic heterocycles. The second kappa shape index (κ2) is 8.46. The number of amides is 2. The van der Waals surface area contributed by atoms with Gasteiger partial charge in [0, 0.05) is 26.7 Å². The number of carbonyl (C=O) groups excluding carboxylic acids is 2. The fourth-order valence-electron chi connectivity index (χ4n) is 3.19. The smallest absolute Gasteiger partial charge is 0.290 e. The molecule has 1 saturated heterocycles. The van der Waals surface area contributed by atoms with Crippen LogP contribution in [-0.4, -0.2) is 68.9 Å². The van der Waals surface area contributed by atoms with Crippen molar-refractivity contribution in [1.29, 1.82) is 0 Å². The number of nitrogens with zero attached hydrogens (tertiary/aromatic N) is 2. The molecule has 0 spiro atoms. The van der Waals surface area contributed by atoms with Crippen LogP contribution in [0.2, 0.25) is 0 Å². The summed E-state index contributed by atoms with van der Waals surface area (Å²) in [6.45, 7) is 0.941. The molecule has 0 radical (unpaired) electrons. The lowest BCUT2D eigenvalue weighted by Crippen LogP contribution is -2.42. The summed E-state index contributed by atoms with van der Waals surface area (Å²) in [5.74, 6) is 0.0447. The number of thiophene rings is 1. The molecule has 28 heavy (non-hydrogen) atoms. The number of sulfonamides is 1. The molecule has 2 aromatic heterocycles. The molecule has 1 aliphatic rings. The zero-order valence-corrected chi connectivity index (χ0v) is 17.4. The third-order valence-electron chi connectivity index (χ3n) is 4.68. The van der Waals surface area contributed by atoms with Crippen LogP contribution in [0.4, 0.5) is 0 Å². The average Bonchev–Trinajstić information content (AvgIpc) is 3.39. The van der Waals surface area contributed by atoms with Crippen LogP contribution < -0.4 is 5.32 Å². The summed E-state index contributed by atoms with van der Waals surface area (Å²) in [5, 5.41) is 4.44. The average molecular weight is 426 g/mol. The van der Waals surface area contributed by atoms with Crippen molar-refractivity contribution >= 4 is 33.2 Å². The van der Waals surface area contributed by atoms with Crippen molar-refractivity contribution in [3.8, 4) is 10.6 Å². The molecule has 0 saturated carbocycles. The predicted molar refractivity (Wildman–Crippen MR) is 107 cm³/mol. The molecule has 1 N–H and O–H groups in total. The van der Waals surface area contributed by atoms with Crippen LogP contribution in [0.15, 0.2) is 34.1 Å². The standard InChI is InChI=1S/C18H23N3O5S2/c1-19-17(22)12-20(10-13-7-8-21(11-13)28(2,24)25)18(23)15-6-5-14(26-15)16-4-3-9-27-16/h3-6,9,13H,7-8,10-12H2,1-2H3,(H,19,22). The summed E-state index contributed by atoms with van der Waals surface area (Å²) in [4.78, 5) is 27.2. The van der Waals surface area contributed by atoms with E-state index < -0.39 is 10.0 Å². The molecule has 0 aliphatic carbocycles. The van der Waals surface area contributed by atoms with Gasteiger partial charge in [-0.3, -0.25) is 9.59 Å². The zero-order chi connectivity index (χ0) is 20.3. The molecule has 8 nitrogen and oxygen atoms in total. The van der Waals surface area contributed by atoms with Crippen molar-refractivity contribution in [2.75, 3.05) is 39.5 Å². The first-order valence-corrected chi connectivity index (χ1v) is 11.6. The van der Waals surface area contributed by atoms with Crippen LogP contribution >= 0.6 is 11.3 Å². The highest BCUT2D eigenvalue weighted by Crippen LogP contribution is 2.27. The predicted octanol–water partition coefficient (Wildman–Crippen LogP) is 1.48. The Kier molecular flexibility index (Phi) is 6.21. The second-order valence-corrected chi connectivity index (χ2v) is 9.71. The Morgan fingerprint density at radius 1 is 1.36 bits per heavy atom. The number of likely N-dealkylation sites (N-methyl/N-ethyl adjacent to an activating group) is 1. The van der Waals surface area contributed by atoms with E-state index in [0.717, 1.165) is 4.88 Å². The van der Waals surface area contributed by atoms with Crippen molar-refractivity contribution in [3.05, 3.63) is 35.4 Å². The summed E-state index contributed by atoms with van der Waals surface area (Å²) in [7, 11) is -1.75. The first kappa shape index (κ1) is 20.6. The lowest BCUT2D eigenvalue weighted by Gasteiger charge is -2.24. The normalized spacial score (nSPS) is 17.6. The first-order chi connectivity index (χ1) is 13.3. The fourth-order valence-corrected chi connectivity index (χ4v) is 4.80. The van der Waals surface area contributed by atoms with Gasteiger partial charge in [-0.2, -0.15) is 0 Å². The molecule has 10 heteroatoms. The van der Waals surface area contributed by atoms with Gasteiger partial charge in [-0.1, -0.05) is 6.07 Å². The Labute approximate surface area is 168 Å². The van der Waals surface area contributed by atoms with E-state index in [2.05, 4.69) is 5.32 Å². The molecular weight excluding hydrogens is 402 g/mol. The molecule has 2 amide bonds. The van der Waals surface area contributed by atoms with Crippen molar-refractivity contribution < 1.29 is 22.4 Å². The van der Waals surface area contributed by atoms with E-state index in [4.69, 9.17) is 4.42 Å². The Morgan fingerprint density at radius 2 is 2.14 bits per heavy atom. The van der Waals surface area contributed by atoms with Crippen molar-refractivity contribution in [1.82, 2.24) is 14.5 Å². The highest BCUT2D eigenvalue weighted by molar-refractivity contribution is 7.88. The van der Waals surface area contributed by atoms with Crippen molar-refractivity contribution in [3.63, 3.8) is 0 Å². The molecule has 0 bridgehead atoms. The third kappa shape index (κ3) is 4.81. The molecule has 152 valence electrons. The largest absolute Gasteiger partial charge is 0.450 e. The highest BCUT2D eigenvalue weighted by Gasteiger charge is 2.32. The fraction of sp³-hybridized carbons (Fsp3) is 0.444. The van der Waals surface area contributed by atoms with Gasteiger partial charge in [-0.05, 0) is 35.9 Å². The zero-order valence-electron chi connectivity index (χ0n) is 15.8. The van der Waals surface area contributed by atoms with Crippen molar-refractivity contribution in [2.24, 2.45) is 5.92 Å². The van der Waals surface area contributed by atoms with Crippen LogP contribution in [-0.2, 0) is 14.8 Å². The van der Waals surface area contributed by atoms with E-state index in [1.807, 2.05) is 17.5 Å². The molecule has 1 unspecified atom stereocenters. The molecular formula is C18H23N3O5S2. The Balaban J connectivity index is 1.74. The Morgan fingerprint density at radius 3 is 2.75 bits per heavy atom. The summed E-state index contributed by atoms with van der Waals surface area (Å²) in [6.07, 6.45) is 1.82. The topological polar surface area (TPSA) is 99.9 Å². The van der Waals surface area contributed by atoms with Gasteiger partial charge in [0.1, 0.15) is 5.76 Å². The highest BCUT2D eigenvalue weighted by atomic mass is 32.2. The SMILES string of the molecule is CNC(=O)CN(CC1CCN(S(C)(=O)=O)C1)C(=O)c1ccc(-c2cccs2)o1. The van der Waals surface area contributed by atoms with Crippen LogP contribution in [0.1, 0.15) is 17.0 Å². The maximum atomic E-state index is 13.0. The van der Waals surface area contributed by atoms with Gasteiger partial charge < -0.3 is 14.6 Å². The van der Waals surface area contributed by atoms with Crippen LogP contribution in [0, 0.1) is 5.92 Å². The minimum atomic E-state index is -3.26. The van der Waals surface area contributed by atoms with Gasteiger partial charge in [0.15, 0.2) is 5.76 Å². The summed E-state index contributed by atoms with van der Waals surface area (Å²) in [5.41, 5.74) is 0. The number of nitrogens with one attached hydrogen (secondary N) is 1. The molecule has 1 fully saturated rings.